The van der Waals surface area contributed by atoms with Gasteiger partial charge in [0.05, 0.1) is 18.3 Å². The lowest BCUT2D eigenvalue weighted by atomic mass is 10.1. The molecule has 0 saturated heterocycles. The molecule has 1 aliphatic rings. The Kier molecular flexibility index (Phi) is 2.55. The summed E-state index contributed by atoms with van der Waals surface area (Å²) in [5.74, 6) is 0. The summed E-state index contributed by atoms with van der Waals surface area (Å²) in [5, 5.41) is 1.94. The van der Waals surface area contributed by atoms with Gasteiger partial charge < -0.3 is 0 Å². The van der Waals surface area contributed by atoms with Crippen molar-refractivity contribution in [2.75, 3.05) is 11.6 Å². The smallest absolute Gasteiger partial charge is 0.0800 e. The molecule has 0 atom stereocenters. The molecule has 0 bridgehead atoms. The molecule has 2 nitrogen and oxygen atoms in total. The summed E-state index contributed by atoms with van der Waals surface area (Å²) in [4.78, 5) is 5.70. The SMILES string of the molecule is CC(C)ON1CC=Cc2ccccc21. The first-order chi connectivity index (χ1) is 6.77. The van der Waals surface area contributed by atoms with Crippen LogP contribution in [0.2, 0.25) is 0 Å². The van der Waals surface area contributed by atoms with Gasteiger partial charge in [0.2, 0.25) is 0 Å². The number of nitrogens with zero attached hydrogens (tertiary/aromatic N) is 1. The highest BCUT2D eigenvalue weighted by Crippen LogP contribution is 2.25. The fourth-order valence-corrected chi connectivity index (χ4v) is 1.58. The molecule has 1 heterocycles. The Morgan fingerprint density at radius 3 is 2.86 bits per heavy atom. The van der Waals surface area contributed by atoms with Crippen molar-refractivity contribution in [2.24, 2.45) is 0 Å². The molecule has 1 aliphatic heterocycles. The van der Waals surface area contributed by atoms with Gasteiger partial charge >= 0.3 is 0 Å². The highest BCUT2D eigenvalue weighted by molar-refractivity contribution is 5.69. The molecule has 0 aliphatic carbocycles. The van der Waals surface area contributed by atoms with Crippen LogP contribution in [0.3, 0.4) is 0 Å². The zero-order valence-electron chi connectivity index (χ0n) is 8.60. The highest BCUT2D eigenvalue weighted by atomic mass is 16.7. The van der Waals surface area contributed by atoms with E-state index >= 15 is 0 Å². The normalized spacial score (nSPS) is 14.6. The molecule has 14 heavy (non-hydrogen) atoms. The molecule has 2 rings (SSSR count). The van der Waals surface area contributed by atoms with Gasteiger partial charge in [0.1, 0.15) is 0 Å². The quantitative estimate of drug-likeness (QED) is 0.709. The molecule has 0 saturated carbocycles. The number of anilines is 1. The van der Waals surface area contributed by atoms with Crippen LogP contribution in [0.25, 0.3) is 6.08 Å². The number of benzene rings is 1. The fourth-order valence-electron chi connectivity index (χ4n) is 1.58. The van der Waals surface area contributed by atoms with Gasteiger partial charge in [-0.05, 0) is 25.5 Å². The molecule has 0 N–H and O–H groups in total. The lowest BCUT2D eigenvalue weighted by molar-refractivity contribution is 0.0604. The highest BCUT2D eigenvalue weighted by Gasteiger charge is 2.13. The van der Waals surface area contributed by atoms with E-state index in [0.717, 1.165) is 12.2 Å². The molecule has 0 aromatic heterocycles. The third-order valence-corrected chi connectivity index (χ3v) is 2.11. The van der Waals surface area contributed by atoms with Crippen LogP contribution in [-0.2, 0) is 4.84 Å². The van der Waals surface area contributed by atoms with E-state index < -0.39 is 0 Å². The van der Waals surface area contributed by atoms with Gasteiger partial charge in [0.25, 0.3) is 0 Å². The van der Waals surface area contributed by atoms with Gasteiger partial charge in [-0.1, -0.05) is 30.4 Å². The lowest BCUT2D eigenvalue weighted by Gasteiger charge is -2.28. The molecular weight excluding hydrogens is 174 g/mol. The van der Waals surface area contributed by atoms with Gasteiger partial charge in [-0.2, -0.15) is 0 Å². The minimum atomic E-state index is 0.217. The van der Waals surface area contributed by atoms with E-state index in [-0.39, 0.29) is 6.10 Å². The maximum absolute atomic E-state index is 5.70. The van der Waals surface area contributed by atoms with Crippen LogP contribution in [0, 0.1) is 0 Å². The molecule has 2 heteroatoms. The van der Waals surface area contributed by atoms with Crippen LogP contribution in [0.1, 0.15) is 19.4 Å². The Balaban J connectivity index is 2.27. The third kappa shape index (κ3) is 1.80. The summed E-state index contributed by atoms with van der Waals surface area (Å²) in [6, 6.07) is 8.26. The molecule has 0 radical (unpaired) electrons. The Morgan fingerprint density at radius 2 is 2.07 bits per heavy atom. The minimum Gasteiger partial charge on any atom is -0.270 e. The Labute approximate surface area is 84.8 Å². The zero-order chi connectivity index (χ0) is 9.97. The van der Waals surface area contributed by atoms with E-state index in [9.17, 15) is 0 Å². The van der Waals surface area contributed by atoms with Crippen LogP contribution < -0.4 is 5.06 Å². The summed E-state index contributed by atoms with van der Waals surface area (Å²) in [6.45, 7) is 4.91. The van der Waals surface area contributed by atoms with Crippen molar-refractivity contribution in [3.05, 3.63) is 35.9 Å². The number of hydrogen-bond acceptors (Lipinski definition) is 2. The van der Waals surface area contributed by atoms with Crippen LogP contribution in [0.4, 0.5) is 5.69 Å². The van der Waals surface area contributed by atoms with E-state index in [2.05, 4.69) is 24.3 Å². The minimum absolute atomic E-state index is 0.217. The van der Waals surface area contributed by atoms with E-state index in [1.54, 1.807) is 0 Å². The van der Waals surface area contributed by atoms with Gasteiger partial charge in [-0.3, -0.25) is 4.84 Å². The predicted octanol–water partition coefficient (Wildman–Crippen LogP) is 2.86. The largest absolute Gasteiger partial charge is 0.270 e. The van der Waals surface area contributed by atoms with Crippen molar-refractivity contribution in [3.8, 4) is 0 Å². The van der Waals surface area contributed by atoms with Crippen molar-refractivity contribution in [1.29, 1.82) is 0 Å². The molecule has 1 aromatic carbocycles. The molecule has 1 aromatic rings. The first-order valence-corrected chi connectivity index (χ1v) is 4.97. The number of hydroxylamine groups is 1. The Hall–Kier alpha value is -1.28. The van der Waals surface area contributed by atoms with Gasteiger partial charge in [0, 0.05) is 0 Å². The Bertz CT molecular complexity index is 344. The maximum atomic E-state index is 5.70. The van der Waals surface area contributed by atoms with E-state index in [4.69, 9.17) is 4.84 Å². The average molecular weight is 189 g/mol. The zero-order valence-corrected chi connectivity index (χ0v) is 8.60. The first kappa shape index (κ1) is 9.28. The number of fused-ring (bicyclic) bond motifs is 1. The van der Waals surface area contributed by atoms with E-state index in [1.807, 2.05) is 31.0 Å². The van der Waals surface area contributed by atoms with E-state index in [1.165, 1.54) is 5.56 Å². The Morgan fingerprint density at radius 1 is 1.29 bits per heavy atom. The summed E-state index contributed by atoms with van der Waals surface area (Å²) < 4.78 is 0. The van der Waals surface area contributed by atoms with E-state index in [0.29, 0.717) is 0 Å². The summed E-state index contributed by atoms with van der Waals surface area (Å²) in [5.41, 5.74) is 2.38. The molecular formula is C12H15NO. The van der Waals surface area contributed by atoms with Crippen molar-refractivity contribution in [3.63, 3.8) is 0 Å². The predicted molar refractivity (Wildman–Crippen MR) is 59.0 cm³/mol. The third-order valence-electron chi connectivity index (χ3n) is 2.11. The summed E-state index contributed by atoms with van der Waals surface area (Å²) in [6.07, 6.45) is 4.47. The van der Waals surface area contributed by atoms with Crippen molar-refractivity contribution in [2.45, 2.75) is 20.0 Å². The van der Waals surface area contributed by atoms with Crippen molar-refractivity contribution in [1.82, 2.24) is 0 Å². The van der Waals surface area contributed by atoms with Gasteiger partial charge in [-0.15, -0.1) is 0 Å². The monoisotopic (exact) mass is 189 g/mol. The summed E-state index contributed by atoms with van der Waals surface area (Å²) in [7, 11) is 0. The van der Waals surface area contributed by atoms with Gasteiger partial charge in [-0.25, -0.2) is 5.06 Å². The lowest BCUT2D eigenvalue weighted by Crippen LogP contribution is -2.29. The second kappa shape index (κ2) is 3.84. The topological polar surface area (TPSA) is 12.5 Å². The number of para-hydroxylation sites is 1. The number of hydrogen-bond donors (Lipinski definition) is 0. The second-order valence-corrected chi connectivity index (χ2v) is 3.68. The average Bonchev–Trinajstić information content (AvgIpc) is 2.18. The van der Waals surface area contributed by atoms with Crippen LogP contribution >= 0.6 is 0 Å². The molecule has 0 fully saturated rings. The molecule has 0 amide bonds. The van der Waals surface area contributed by atoms with Crippen molar-refractivity contribution < 1.29 is 4.84 Å². The molecule has 74 valence electrons. The number of rotatable bonds is 2. The van der Waals surface area contributed by atoms with Crippen LogP contribution in [0.5, 0.6) is 0 Å². The molecule has 0 unspecified atom stereocenters. The second-order valence-electron chi connectivity index (χ2n) is 3.68. The maximum Gasteiger partial charge on any atom is 0.0800 e. The standard InChI is InChI=1S/C12H15NO/c1-10(2)14-13-9-5-7-11-6-3-4-8-12(11)13/h3-8,10H,9H2,1-2H3. The van der Waals surface area contributed by atoms with Gasteiger partial charge in [0.15, 0.2) is 0 Å². The molecule has 0 spiro atoms. The van der Waals surface area contributed by atoms with Crippen LogP contribution in [0.15, 0.2) is 30.3 Å². The van der Waals surface area contributed by atoms with Crippen molar-refractivity contribution >= 4 is 11.8 Å². The first-order valence-electron chi connectivity index (χ1n) is 4.97. The van der Waals surface area contributed by atoms with Crippen LogP contribution in [-0.4, -0.2) is 12.6 Å². The fraction of sp³-hybridized carbons (Fsp3) is 0.333. The summed E-state index contributed by atoms with van der Waals surface area (Å²) >= 11 is 0.